The molecule has 2 aliphatic heterocycles. The topological polar surface area (TPSA) is 82.8 Å². The van der Waals surface area contributed by atoms with E-state index in [9.17, 15) is 9.59 Å². The van der Waals surface area contributed by atoms with Crippen molar-refractivity contribution in [2.75, 3.05) is 32.7 Å². The number of benzene rings is 1. The van der Waals surface area contributed by atoms with Crippen molar-refractivity contribution >= 4 is 35.1 Å². The number of aromatic nitrogens is 1. The third-order valence-corrected chi connectivity index (χ3v) is 8.38. The van der Waals surface area contributed by atoms with Crippen molar-refractivity contribution in [3.8, 4) is 11.1 Å². The lowest BCUT2D eigenvalue weighted by atomic mass is 9.83. The lowest BCUT2D eigenvalue weighted by molar-refractivity contribution is -0.141. The fourth-order valence-corrected chi connectivity index (χ4v) is 5.64. The zero-order valence-corrected chi connectivity index (χ0v) is 23.4. The molecule has 0 spiro atoms. The van der Waals surface area contributed by atoms with Gasteiger partial charge in [0.15, 0.2) is 0 Å². The van der Waals surface area contributed by atoms with E-state index in [0.717, 1.165) is 49.3 Å². The summed E-state index contributed by atoms with van der Waals surface area (Å²) in [6.45, 7) is 11.0. The lowest BCUT2D eigenvalue weighted by Gasteiger charge is -2.47. The fourth-order valence-electron chi connectivity index (χ4n) is 5.34. The molecule has 3 heterocycles. The summed E-state index contributed by atoms with van der Waals surface area (Å²) in [6, 6.07) is 9.46. The van der Waals surface area contributed by atoms with E-state index in [4.69, 9.17) is 33.9 Å². The highest BCUT2D eigenvalue weighted by Crippen LogP contribution is 2.31. The van der Waals surface area contributed by atoms with Crippen molar-refractivity contribution in [1.29, 1.82) is 0 Å². The van der Waals surface area contributed by atoms with Crippen LogP contribution in [0.15, 0.2) is 36.5 Å². The van der Waals surface area contributed by atoms with Crippen LogP contribution in [0.2, 0.25) is 10.0 Å². The van der Waals surface area contributed by atoms with Crippen molar-refractivity contribution in [1.82, 2.24) is 19.7 Å². The number of pyridine rings is 1. The summed E-state index contributed by atoms with van der Waals surface area (Å²) in [7, 11) is 0. The third-order valence-electron chi connectivity index (χ3n) is 7.64. The normalized spacial score (nSPS) is 19.8. The largest absolute Gasteiger partial charge is 0.351 e. The first kappa shape index (κ1) is 27.7. The number of carbonyl (C=O) groups is 2. The Kier molecular flexibility index (Phi) is 8.66. The molecule has 1 unspecified atom stereocenters. The molecule has 2 aliphatic rings. The van der Waals surface area contributed by atoms with Crippen LogP contribution < -0.4 is 5.73 Å². The van der Waals surface area contributed by atoms with Crippen LogP contribution in [0.4, 0.5) is 4.79 Å². The summed E-state index contributed by atoms with van der Waals surface area (Å²) in [4.78, 5) is 35.7. The number of hydrogen-bond acceptors (Lipinski definition) is 4. The highest BCUT2D eigenvalue weighted by Gasteiger charge is 2.38. The molecule has 9 heteroatoms. The first-order valence-corrected chi connectivity index (χ1v) is 13.7. The second kappa shape index (κ2) is 11.6. The van der Waals surface area contributed by atoms with E-state index in [1.54, 1.807) is 11.0 Å². The molecule has 0 bridgehead atoms. The fraction of sp³-hybridized carbons (Fsp3) is 0.536. The first-order valence-electron chi connectivity index (χ1n) is 13.0. The van der Waals surface area contributed by atoms with Gasteiger partial charge in [-0.3, -0.25) is 14.7 Å². The molecule has 2 N–H and O–H groups in total. The monoisotopic (exact) mass is 545 g/mol. The number of halogens is 2. The molecule has 0 aliphatic carbocycles. The van der Waals surface area contributed by atoms with Gasteiger partial charge < -0.3 is 15.5 Å². The summed E-state index contributed by atoms with van der Waals surface area (Å²) in [5.41, 5.74) is 8.33. The van der Waals surface area contributed by atoms with Crippen LogP contribution in [0.5, 0.6) is 0 Å². The highest BCUT2D eigenvalue weighted by molar-refractivity contribution is 6.42. The molecule has 2 aromatic rings. The van der Waals surface area contributed by atoms with E-state index in [0.29, 0.717) is 42.0 Å². The molecule has 1 aromatic heterocycles. The second-order valence-electron chi connectivity index (χ2n) is 11.3. The van der Waals surface area contributed by atoms with Gasteiger partial charge in [0.2, 0.25) is 5.91 Å². The smallest absolute Gasteiger partial charge is 0.314 e. The van der Waals surface area contributed by atoms with E-state index in [1.807, 2.05) is 18.3 Å². The van der Waals surface area contributed by atoms with Gasteiger partial charge in [0.1, 0.15) is 0 Å². The quantitative estimate of drug-likeness (QED) is 0.552. The molecule has 1 aromatic carbocycles. The summed E-state index contributed by atoms with van der Waals surface area (Å²) < 4.78 is 0. The van der Waals surface area contributed by atoms with Crippen LogP contribution in [-0.4, -0.2) is 70.4 Å². The SMILES string of the molecule is CC(C)(C)C1CN(Cc2ccc(-c3ccc(Cl)c(Cl)c3)cn2)CCN1C(=O)CC1CCN(C(N)=O)CC1. The number of piperidine rings is 1. The zero-order chi connectivity index (χ0) is 26.7. The minimum atomic E-state index is -0.368. The predicted octanol–water partition coefficient (Wildman–Crippen LogP) is 5.30. The second-order valence-corrected chi connectivity index (χ2v) is 12.2. The van der Waals surface area contributed by atoms with Crippen molar-refractivity contribution in [3.05, 3.63) is 52.3 Å². The maximum absolute atomic E-state index is 13.4. The molecular formula is C28H37Cl2N5O2. The van der Waals surface area contributed by atoms with Crippen LogP contribution in [0.3, 0.4) is 0 Å². The number of primary amides is 1. The molecule has 0 radical (unpaired) electrons. The third kappa shape index (κ3) is 6.95. The van der Waals surface area contributed by atoms with Gasteiger partial charge in [-0.15, -0.1) is 0 Å². The molecule has 7 nitrogen and oxygen atoms in total. The van der Waals surface area contributed by atoms with Gasteiger partial charge >= 0.3 is 6.03 Å². The standard InChI is InChI=1S/C28H37Cl2N5O2/c1-28(2,3)25-18-33(12-13-35(25)26(36)14-19-8-10-34(11-9-19)27(31)37)17-22-6-4-21(16-32-22)20-5-7-23(29)24(30)15-20/h4-7,15-16,19,25H,8-14,17-18H2,1-3H3,(H2,31,37). The Morgan fingerprint density at radius 2 is 1.70 bits per heavy atom. The van der Waals surface area contributed by atoms with Crippen molar-refractivity contribution in [2.45, 2.75) is 52.6 Å². The number of nitrogens with zero attached hydrogens (tertiary/aromatic N) is 4. The maximum atomic E-state index is 13.4. The van der Waals surface area contributed by atoms with Gasteiger partial charge in [-0.2, -0.15) is 0 Å². The van der Waals surface area contributed by atoms with Gasteiger partial charge in [-0.1, -0.05) is 56.1 Å². The van der Waals surface area contributed by atoms with Gasteiger partial charge in [-0.25, -0.2) is 4.79 Å². The van der Waals surface area contributed by atoms with Crippen molar-refractivity contribution in [2.24, 2.45) is 17.1 Å². The number of hydrogen-bond donors (Lipinski definition) is 1. The van der Waals surface area contributed by atoms with Gasteiger partial charge in [0.05, 0.1) is 15.7 Å². The number of rotatable bonds is 5. The molecule has 2 saturated heterocycles. The maximum Gasteiger partial charge on any atom is 0.314 e. The molecular weight excluding hydrogens is 509 g/mol. The van der Waals surface area contributed by atoms with E-state index >= 15 is 0 Å². The van der Waals surface area contributed by atoms with Gasteiger partial charge in [0.25, 0.3) is 0 Å². The van der Waals surface area contributed by atoms with Crippen LogP contribution in [0.25, 0.3) is 11.1 Å². The number of amides is 3. The summed E-state index contributed by atoms with van der Waals surface area (Å²) in [6.07, 6.45) is 4.08. The first-order chi connectivity index (χ1) is 17.5. The molecule has 1 atom stereocenters. The zero-order valence-electron chi connectivity index (χ0n) is 21.9. The minimum Gasteiger partial charge on any atom is -0.351 e. The van der Waals surface area contributed by atoms with Crippen LogP contribution >= 0.6 is 23.2 Å². The average Bonchev–Trinajstić information content (AvgIpc) is 2.86. The Morgan fingerprint density at radius 1 is 1.00 bits per heavy atom. The number of carbonyl (C=O) groups excluding carboxylic acids is 2. The molecule has 37 heavy (non-hydrogen) atoms. The average molecular weight is 547 g/mol. The Labute approximate surface area is 229 Å². The van der Waals surface area contributed by atoms with E-state index in [-0.39, 0.29) is 23.4 Å². The summed E-state index contributed by atoms with van der Waals surface area (Å²) in [5, 5.41) is 1.06. The van der Waals surface area contributed by atoms with E-state index < -0.39 is 0 Å². The highest BCUT2D eigenvalue weighted by atomic mass is 35.5. The van der Waals surface area contributed by atoms with Crippen molar-refractivity contribution < 1.29 is 9.59 Å². The Balaban J connectivity index is 1.36. The number of urea groups is 1. The summed E-state index contributed by atoms with van der Waals surface area (Å²) >= 11 is 12.2. The minimum absolute atomic E-state index is 0.0468. The molecule has 2 fully saturated rings. The van der Waals surface area contributed by atoms with Crippen LogP contribution in [0, 0.1) is 11.3 Å². The predicted molar refractivity (Wildman–Crippen MR) is 148 cm³/mol. The molecule has 200 valence electrons. The van der Waals surface area contributed by atoms with Gasteiger partial charge in [0, 0.05) is 63.5 Å². The van der Waals surface area contributed by atoms with Crippen LogP contribution in [-0.2, 0) is 11.3 Å². The Bertz CT molecular complexity index is 1110. The number of nitrogens with two attached hydrogens (primary N) is 1. The molecule has 0 saturated carbocycles. The summed E-state index contributed by atoms with van der Waals surface area (Å²) in [5.74, 6) is 0.529. The molecule has 3 amide bonds. The Morgan fingerprint density at radius 3 is 2.30 bits per heavy atom. The van der Waals surface area contributed by atoms with Gasteiger partial charge in [-0.05, 0) is 47.9 Å². The van der Waals surface area contributed by atoms with E-state index in [1.165, 1.54) is 0 Å². The Hall–Kier alpha value is -2.35. The number of likely N-dealkylation sites (tertiary alicyclic amines) is 1. The van der Waals surface area contributed by atoms with E-state index in [2.05, 4.69) is 42.7 Å². The molecule has 4 rings (SSSR count). The van der Waals surface area contributed by atoms with Crippen molar-refractivity contribution in [3.63, 3.8) is 0 Å². The number of piperazine rings is 1. The lowest BCUT2D eigenvalue weighted by Crippen LogP contribution is -2.59. The van der Waals surface area contributed by atoms with Crippen LogP contribution in [0.1, 0.15) is 45.7 Å².